The van der Waals surface area contributed by atoms with Crippen LogP contribution in [0.3, 0.4) is 0 Å². The van der Waals surface area contributed by atoms with Gasteiger partial charge in [-0.1, -0.05) is 30.3 Å². The van der Waals surface area contributed by atoms with Gasteiger partial charge in [0.05, 0.1) is 24.4 Å². The van der Waals surface area contributed by atoms with Crippen molar-refractivity contribution in [1.82, 2.24) is 15.4 Å². The molecule has 1 aromatic heterocycles. The molecule has 0 unspecified atom stereocenters. The molecule has 7 nitrogen and oxygen atoms in total. The van der Waals surface area contributed by atoms with E-state index in [4.69, 9.17) is 21.7 Å². The van der Waals surface area contributed by atoms with Gasteiger partial charge in [-0.25, -0.2) is 5.43 Å². The number of hydrogen-bond donors (Lipinski definition) is 3. The lowest BCUT2D eigenvalue weighted by molar-refractivity contribution is 0.0955. The summed E-state index contributed by atoms with van der Waals surface area (Å²) in [6.45, 7) is 0.441. The number of H-pyrrole nitrogens is 2. The number of hydrogen-bond acceptors (Lipinski definition) is 5. The van der Waals surface area contributed by atoms with Crippen LogP contribution < -0.4 is 14.9 Å². The maximum Gasteiger partial charge on any atom is 0.271 e. The monoisotopic (exact) mass is 432 g/mol. The van der Waals surface area contributed by atoms with Crippen LogP contribution in [-0.2, 0) is 6.61 Å². The van der Waals surface area contributed by atoms with Crippen molar-refractivity contribution in [2.45, 2.75) is 6.61 Å². The predicted molar refractivity (Wildman–Crippen MR) is 122 cm³/mol. The number of nitrogens with one attached hydrogen (secondary N) is 3. The molecule has 0 saturated carbocycles. The molecule has 3 N–H and O–H groups in total. The number of carbonyl (C=O) groups excluding carboxylic acids is 1. The van der Waals surface area contributed by atoms with Gasteiger partial charge in [-0.3, -0.25) is 4.79 Å². The van der Waals surface area contributed by atoms with Crippen LogP contribution in [0.5, 0.6) is 11.5 Å². The van der Waals surface area contributed by atoms with Gasteiger partial charge in [0, 0.05) is 5.56 Å². The van der Waals surface area contributed by atoms with Gasteiger partial charge in [-0.15, -0.1) is 0 Å². The summed E-state index contributed by atoms with van der Waals surface area (Å²) in [6.07, 6.45) is 1.55. The van der Waals surface area contributed by atoms with Crippen molar-refractivity contribution in [3.8, 4) is 11.5 Å². The lowest BCUT2D eigenvalue weighted by Crippen LogP contribution is -2.17. The molecular formula is C23H20N4O3S. The third-order valence-corrected chi connectivity index (χ3v) is 4.79. The lowest BCUT2D eigenvalue weighted by Gasteiger charge is -2.11. The summed E-state index contributed by atoms with van der Waals surface area (Å²) in [5.74, 6) is 0.887. The molecule has 0 aliphatic carbocycles. The van der Waals surface area contributed by atoms with Crippen LogP contribution in [0.15, 0.2) is 71.8 Å². The Morgan fingerprint density at radius 2 is 1.84 bits per heavy atom. The Bertz CT molecular complexity index is 1300. The molecule has 0 saturated heterocycles. The van der Waals surface area contributed by atoms with Crippen molar-refractivity contribution in [3.05, 3.63) is 88.2 Å². The number of carbonyl (C=O) groups is 1. The van der Waals surface area contributed by atoms with Crippen LogP contribution in [0.2, 0.25) is 0 Å². The number of nitrogens with zero attached hydrogens (tertiary/aromatic N) is 1. The smallest absolute Gasteiger partial charge is 0.271 e. The minimum atomic E-state index is -0.326. The number of imidazole rings is 1. The Hall–Kier alpha value is -3.91. The molecule has 0 radical (unpaired) electrons. The molecule has 3 aromatic carbocycles. The summed E-state index contributed by atoms with van der Waals surface area (Å²) in [6, 6.07) is 20.5. The number of ether oxygens (including phenoxy) is 2. The average Bonchev–Trinajstić information content (AvgIpc) is 3.17. The molecule has 4 aromatic rings. The number of hydrazone groups is 1. The van der Waals surface area contributed by atoms with Gasteiger partial charge < -0.3 is 19.4 Å². The third-order valence-electron chi connectivity index (χ3n) is 4.58. The zero-order valence-corrected chi connectivity index (χ0v) is 17.5. The number of methoxy groups -OCH3 is 1. The van der Waals surface area contributed by atoms with E-state index in [0.717, 1.165) is 22.2 Å². The van der Waals surface area contributed by atoms with E-state index >= 15 is 0 Å². The van der Waals surface area contributed by atoms with E-state index in [1.165, 1.54) is 0 Å². The first-order valence-corrected chi connectivity index (χ1v) is 9.93. The van der Waals surface area contributed by atoms with Crippen molar-refractivity contribution >= 4 is 35.4 Å². The van der Waals surface area contributed by atoms with Crippen LogP contribution in [0.1, 0.15) is 21.5 Å². The second-order valence-corrected chi connectivity index (χ2v) is 7.13. The molecule has 31 heavy (non-hydrogen) atoms. The minimum Gasteiger partial charge on any atom is -0.493 e. The Balaban J connectivity index is 1.40. The maximum atomic E-state index is 12.4. The summed E-state index contributed by atoms with van der Waals surface area (Å²) in [5, 5.41) is 4.04. The van der Waals surface area contributed by atoms with Crippen molar-refractivity contribution in [1.29, 1.82) is 0 Å². The van der Waals surface area contributed by atoms with E-state index in [1.54, 1.807) is 37.6 Å². The molecule has 0 atom stereocenters. The highest BCUT2D eigenvalue weighted by atomic mass is 32.1. The lowest BCUT2D eigenvalue weighted by atomic mass is 10.2. The summed E-state index contributed by atoms with van der Waals surface area (Å²) in [7, 11) is 1.58. The van der Waals surface area contributed by atoms with Gasteiger partial charge in [0.1, 0.15) is 6.61 Å². The molecule has 0 bridgehead atoms. The van der Waals surface area contributed by atoms with Crippen LogP contribution in [0.25, 0.3) is 11.0 Å². The molecule has 1 heterocycles. The van der Waals surface area contributed by atoms with Crippen LogP contribution >= 0.6 is 12.2 Å². The number of rotatable bonds is 7. The van der Waals surface area contributed by atoms with Gasteiger partial charge in [0.2, 0.25) is 0 Å². The minimum absolute atomic E-state index is 0.326. The Morgan fingerprint density at radius 3 is 2.65 bits per heavy atom. The number of aromatic amines is 2. The van der Waals surface area contributed by atoms with Gasteiger partial charge in [-0.05, 0) is 59.7 Å². The van der Waals surface area contributed by atoms with E-state index in [9.17, 15) is 4.79 Å². The molecule has 1 amide bonds. The normalized spacial score (nSPS) is 11.0. The van der Waals surface area contributed by atoms with E-state index in [0.29, 0.717) is 28.4 Å². The van der Waals surface area contributed by atoms with E-state index in [2.05, 4.69) is 20.5 Å². The Labute approximate surface area is 183 Å². The topological polar surface area (TPSA) is 91.5 Å². The molecule has 8 heteroatoms. The second-order valence-electron chi connectivity index (χ2n) is 6.72. The standard InChI is InChI=1S/C23H20N4O3S/c1-29-21-11-16(7-10-20(21)30-14-15-5-3-2-4-6-15)13-24-27-22(28)17-8-9-18-19(12-17)26-23(31)25-18/h2-13H,14H2,1H3,(H,27,28)(H2,25,26,31)/b24-13-. The van der Waals surface area contributed by atoms with E-state index in [1.807, 2.05) is 42.5 Å². The van der Waals surface area contributed by atoms with E-state index in [-0.39, 0.29) is 5.91 Å². The van der Waals surface area contributed by atoms with Gasteiger partial charge in [0.25, 0.3) is 5.91 Å². The van der Waals surface area contributed by atoms with Crippen molar-refractivity contribution < 1.29 is 14.3 Å². The maximum absolute atomic E-state index is 12.4. The van der Waals surface area contributed by atoms with Crippen LogP contribution in [-0.4, -0.2) is 29.2 Å². The Kier molecular flexibility index (Phi) is 6.09. The fourth-order valence-electron chi connectivity index (χ4n) is 3.02. The molecule has 4 rings (SSSR count). The second kappa shape index (κ2) is 9.27. The predicted octanol–water partition coefficient (Wildman–Crippen LogP) is 4.58. The first-order chi connectivity index (χ1) is 15.1. The summed E-state index contributed by atoms with van der Waals surface area (Å²) < 4.78 is 11.8. The van der Waals surface area contributed by atoms with E-state index < -0.39 is 0 Å². The van der Waals surface area contributed by atoms with Crippen molar-refractivity contribution in [2.24, 2.45) is 5.10 Å². The largest absolute Gasteiger partial charge is 0.493 e. The molecule has 0 aliphatic heterocycles. The van der Waals surface area contributed by atoms with Crippen molar-refractivity contribution in [3.63, 3.8) is 0 Å². The highest BCUT2D eigenvalue weighted by molar-refractivity contribution is 7.71. The fraction of sp³-hybridized carbons (Fsp3) is 0.0870. The van der Waals surface area contributed by atoms with Crippen molar-refractivity contribution in [2.75, 3.05) is 7.11 Å². The first-order valence-electron chi connectivity index (χ1n) is 9.52. The first kappa shape index (κ1) is 20.4. The Morgan fingerprint density at radius 1 is 1.03 bits per heavy atom. The van der Waals surface area contributed by atoms with Crippen LogP contribution in [0, 0.1) is 4.77 Å². The number of benzene rings is 3. The highest BCUT2D eigenvalue weighted by Gasteiger charge is 2.08. The third kappa shape index (κ3) is 4.99. The molecule has 0 fully saturated rings. The number of aromatic nitrogens is 2. The van der Waals surface area contributed by atoms with Gasteiger partial charge in [-0.2, -0.15) is 5.10 Å². The zero-order chi connectivity index (χ0) is 21.6. The zero-order valence-electron chi connectivity index (χ0n) is 16.7. The molecular weight excluding hydrogens is 412 g/mol. The highest BCUT2D eigenvalue weighted by Crippen LogP contribution is 2.28. The molecule has 0 spiro atoms. The molecule has 156 valence electrons. The van der Waals surface area contributed by atoms with Crippen LogP contribution in [0.4, 0.5) is 0 Å². The summed E-state index contributed by atoms with van der Waals surface area (Å²) in [5.41, 5.74) is 6.42. The summed E-state index contributed by atoms with van der Waals surface area (Å²) in [4.78, 5) is 18.4. The average molecular weight is 433 g/mol. The number of amides is 1. The van der Waals surface area contributed by atoms with Gasteiger partial charge >= 0.3 is 0 Å². The quantitative estimate of drug-likeness (QED) is 0.227. The molecule has 0 aliphatic rings. The SMILES string of the molecule is COc1cc(/C=N\NC(=O)c2ccc3[nH]c(=S)[nH]c3c2)ccc1OCc1ccccc1. The fourth-order valence-corrected chi connectivity index (χ4v) is 3.24. The number of fused-ring (bicyclic) bond motifs is 1. The summed E-state index contributed by atoms with van der Waals surface area (Å²) >= 11 is 5.06. The van der Waals surface area contributed by atoms with Gasteiger partial charge in [0.15, 0.2) is 16.3 Å².